The maximum absolute atomic E-state index is 12.8. The van der Waals surface area contributed by atoms with Gasteiger partial charge < -0.3 is 14.5 Å². The van der Waals surface area contributed by atoms with Crippen LogP contribution in [0, 0.1) is 0 Å². The van der Waals surface area contributed by atoms with Crippen molar-refractivity contribution in [3.63, 3.8) is 0 Å². The zero-order chi connectivity index (χ0) is 17.2. The van der Waals surface area contributed by atoms with Crippen LogP contribution in [0.2, 0.25) is 0 Å². The number of morpholine rings is 1. The molecule has 0 aliphatic carbocycles. The summed E-state index contributed by atoms with van der Waals surface area (Å²) in [5.74, 6) is -0.0450. The molecule has 25 heavy (non-hydrogen) atoms. The van der Waals surface area contributed by atoms with E-state index < -0.39 is 0 Å². The summed E-state index contributed by atoms with van der Waals surface area (Å²) in [6, 6.07) is 9.23. The maximum atomic E-state index is 12.8. The highest BCUT2D eigenvalue weighted by Crippen LogP contribution is 2.20. The molecule has 4 rings (SSSR count). The van der Waals surface area contributed by atoms with Crippen molar-refractivity contribution in [3.8, 4) is 0 Å². The second-order valence-corrected chi connectivity index (χ2v) is 6.23. The Kier molecular flexibility index (Phi) is 4.23. The van der Waals surface area contributed by atoms with Gasteiger partial charge in [0.1, 0.15) is 0 Å². The van der Waals surface area contributed by atoms with Gasteiger partial charge in [-0.3, -0.25) is 14.3 Å². The van der Waals surface area contributed by atoms with Gasteiger partial charge in [-0.15, -0.1) is 0 Å². The first-order chi connectivity index (χ1) is 12.2. The lowest BCUT2D eigenvalue weighted by molar-refractivity contribution is 0.0300. The zero-order valence-electron chi connectivity index (χ0n) is 13.9. The van der Waals surface area contributed by atoms with Crippen molar-refractivity contribution in [1.82, 2.24) is 19.6 Å². The molecule has 0 saturated carbocycles. The van der Waals surface area contributed by atoms with Crippen LogP contribution in [0.1, 0.15) is 26.4 Å². The summed E-state index contributed by atoms with van der Waals surface area (Å²) < 4.78 is 7.15. The highest BCUT2D eigenvalue weighted by atomic mass is 16.5. The Bertz CT molecular complexity index is 781. The van der Waals surface area contributed by atoms with E-state index in [1.54, 1.807) is 16.0 Å². The Balaban J connectivity index is 1.55. The first kappa shape index (κ1) is 15.8. The first-order valence-electron chi connectivity index (χ1n) is 8.50. The van der Waals surface area contributed by atoms with Crippen LogP contribution >= 0.6 is 0 Å². The van der Waals surface area contributed by atoms with E-state index in [9.17, 15) is 9.59 Å². The molecule has 130 valence electrons. The minimum Gasteiger partial charge on any atom is -0.378 e. The van der Waals surface area contributed by atoms with Gasteiger partial charge in [-0.2, -0.15) is 5.10 Å². The number of nitrogens with zero attached hydrogens (tertiary/aromatic N) is 4. The van der Waals surface area contributed by atoms with Crippen molar-refractivity contribution < 1.29 is 14.3 Å². The van der Waals surface area contributed by atoms with Crippen LogP contribution < -0.4 is 0 Å². The van der Waals surface area contributed by atoms with Gasteiger partial charge >= 0.3 is 0 Å². The molecule has 7 heteroatoms. The van der Waals surface area contributed by atoms with Gasteiger partial charge in [0.25, 0.3) is 11.8 Å². The molecule has 0 radical (unpaired) electrons. The van der Waals surface area contributed by atoms with E-state index in [1.807, 2.05) is 35.0 Å². The van der Waals surface area contributed by atoms with E-state index in [2.05, 4.69) is 5.10 Å². The third kappa shape index (κ3) is 3.02. The van der Waals surface area contributed by atoms with Crippen LogP contribution in [0.5, 0.6) is 0 Å². The fraction of sp³-hybridized carbons (Fsp3) is 0.389. The van der Waals surface area contributed by atoms with Crippen LogP contribution in [-0.2, 0) is 17.8 Å². The van der Waals surface area contributed by atoms with Gasteiger partial charge in [-0.05, 0) is 12.1 Å². The normalized spacial score (nSPS) is 17.3. The highest BCUT2D eigenvalue weighted by molar-refractivity contribution is 5.96. The van der Waals surface area contributed by atoms with E-state index in [0.29, 0.717) is 57.1 Å². The number of hydrogen-bond acceptors (Lipinski definition) is 4. The summed E-state index contributed by atoms with van der Waals surface area (Å²) in [5, 5.41) is 4.34. The van der Waals surface area contributed by atoms with Crippen molar-refractivity contribution in [3.05, 3.63) is 53.3 Å². The smallest absolute Gasteiger partial charge is 0.257 e. The fourth-order valence-corrected chi connectivity index (χ4v) is 3.30. The standard InChI is InChI=1S/C18H20N4O3/c23-17(14-4-2-1-3-5-14)21-6-7-22-16(13-21)15(12-19-22)18(24)20-8-10-25-11-9-20/h1-5,12H,6-11,13H2. The number of hydrogen-bond donors (Lipinski definition) is 0. The summed E-state index contributed by atoms with van der Waals surface area (Å²) in [7, 11) is 0. The maximum Gasteiger partial charge on any atom is 0.257 e. The fourth-order valence-electron chi connectivity index (χ4n) is 3.30. The molecule has 1 aromatic carbocycles. The summed E-state index contributed by atoms with van der Waals surface area (Å²) in [6.45, 7) is 3.91. The lowest BCUT2D eigenvalue weighted by Gasteiger charge is -2.30. The van der Waals surface area contributed by atoms with E-state index in [1.165, 1.54) is 0 Å². The topological polar surface area (TPSA) is 67.7 Å². The molecular formula is C18H20N4O3. The Morgan fingerprint density at radius 3 is 2.44 bits per heavy atom. The van der Waals surface area contributed by atoms with Gasteiger partial charge in [0.05, 0.1) is 43.8 Å². The molecule has 2 aromatic rings. The first-order valence-corrected chi connectivity index (χ1v) is 8.50. The molecule has 3 heterocycles. The number of carbonyl (C=O) groups is 2. The summed E-state index contributed by atoms with van der Waals surface area (Å²) in [4.78, 5) is 29.1. The van der Waals surface area contributed by atoms with Gasteiger partial charge in [0, 0.05) is 25.2 Å². The molecule has 1 fully saturated rings. The lowest BCUT2D eigenvalue weighted by atomic mass is 10.1. The molecule has 1 saturated heterocycles. The number of fused-ring (bicyclic) bond motifs is 1. The molecule has 0 bridgehead atoms. The second kappa shape index (κ2) is 6.68. The van der Waals surface area contributed by atoms with Gasteiger partial charge in [-0.25, -0.2) is 0 Å². The Morgan fingerprint density at radius 2 is 1.68 bits per heavy atom. The molecule has 0 atom stereocenters. The molecule has 0 N–H and O–H groups in total. The van der Waals surface area contributed by atoms with Gasteiger partial charge in [0.2, 0.25) is 0 Å². The molecule has 7 nitrogen and oxygen atoms in total. The van der Waals surface area contributed by atoms with Crippen molar-refractivity contribution >= 4 is 11.8 Å². The average molecular weight is 340 g/mol. The number of benzene rings is 1. The average Bonchev–Trinajstić information content (AvgIpc) is 3.11. The third-order valence-corrected chi connectivity index (χ3v) is 4.71. The largest absolute Gasteiger partial charge is 0.378 e. The number of amides is 2. The van der Waals surface area contributed by atoms with E-state index >= 15 is 0 Å². The van der Waals surface area contributed by atoms with Crippen LogP contribution in [0.4, 0.5) is 0 Å². The molecule has 1 aromatic heterocycles. The highest BCUT2D eigenvalue weighted by Gasteiger charge is 2.29. The lowest BCUT2D eigenvalue weighted by Crippen LogP contribution is -2.42. The molecule has 0 spiro atoms. The zero-order valence-corrected chi connectivity index (χ0v) is 13.9. The number of aromatic nitrogens is 2. The Morgan fingerprint density at radius 1 is 0.920 bits per heavy atom. The van der Waals surface area contributed by atoms with E-state index in [4.69, 9.17) is 4.74 Å². The van der Waals surface area contributed by atoms with Crippen molar-refractivity contribution in [2.24, 2.45) is 0 Å². The van der Waals surface area contributed by atoms with Gasteiger partial charge in [-0.1, -0.05) is 18.2 Å². The number of carbonyl (C=O) groups excluding carboxylic acids is 2. The number of ether oxygens (including phenoxy) is 1. The predicted molar refractivity (Wildman–Crippen MR) is 90.1 cm³/mol. The molecule has 2 aliphatic rings. The van der Waals surface area contributed by atoms with Gasteiger partial charge in [0.15, 0.2) is 0 Å². The predicted octanol–water partition coefficient (Wildman–Crippen LogP) is 1.01. The summed E-state index contributed by atoms with van der Waals surface area (Å²) in [5.41, 5.74) is 2.07. The monoisotopic (exact) mass is 340 g/mol. The second-order valence-electron chi connectivity index (χ2n) is 6.23. The summed E-state index contributed by atoms with van der Waals surface area (Å²) in [6.07, 6.45) is 1.63. The van der Waals surface area contributed by atoms with Crippen LogP contribution in [0.25, 0.3) is 0 Å². The third-order valence-electron chi connectivity index (χ3n) is 4.71. The minimum atomic E-state index is -0.0291. The Labute approximate surface area is 145 Å². The molecule has 0 unspecified atom stereocenters. The van der Waals surface area contributed by atoms with E-state index in [-0.39, 0.29) is 11.8 Å². The quantitative estimate of drug-likeness (QED) is 0.818. The molecule has 2 aliphatic heterocycles. The van der Waals surface area contributed by atoms with Crippen molar-refractivity contribution in [2.45, 2.75) is 13.1 Å². The van der Waals surface area contributed by atoms with E-state index in [0.717, 1.165) is 5.69 Å². The number of rotatable bonds is 2. The SMILES string of the molecule is O=C(c1ccccc1)N1CCn2ncc(C(=O)N3CCOCC3)c2C1. The summed E-state index contributed by atoms with van der Waals surface area (Å²) >= 11 is 0. The van der Waals surface area contributed by atoms with Crippen LogP contribution in [-0.4, -0.2) is 64.2 Å². The van der Waals surface area contributed by atoms with Crippen LogP contribution in [0.15, 0.2) is 36.5 Å². The Hall–Kier alpha value is -2.67. The van der Waals surface area contributed by atoms with Crippen molar-refractivity contribution in [1.29, 1.82) is 0 Å². The van der Waals surface area contributed by atoms with Crippen molar-refractivity contribution in [2.75, 3.05) is 32.8 Å². The molecule has 2 amide bonds. The minimum absolute atomic E-state index is 0.0159. The van der Waals surface area contributed by atoms with Crippen LogP contribution in [0.3, 0.4) is 0 Å². The molecular weight excluding hydrogens is 320 g/mol.